The van der Waals surface area contributed by atoms with Gasteiger partial charge in [0.15, 0.2) is 12.4 Å². The van der Waals surface area contributed by atoms with Crippen molar-refractivity contribution in [3.8, 4) is 11.1 Å². The zero-order chi connectivity index (χ0) is 12.5. The van der Waals surface area contributed by atoms with E-state index in [0.29, 0.717) is 15.9 Å². The number of benzene rings is 1. The number of aromatic nitrogens is 1. The first kappa shape index (κ1) is 11.6. The number of hydrogen-bond acceptors (Lipinski definition) is 3. The fraction of sp³-hybridized carbons (Fsp3) is 0. The van der Waals surface area contributed by atoms with Crippen LogP contribution in [-0.2, 0) is 10.1 Å². The summed E-state index contributed by atoms with van der Waals surface area (Å²) in [6.45, 7) is 0. The van der Waals surface area contributed by atoms with Crippen LogP contribution in [0.4, 0.5) is 0 Å². The lowest BCUT2D eigenvalue weighted by atomic mass is 10.1. The van der Waals surface area contributed by atoms with Crippen LogP contribution >= 0.6 is 0 Å². The zero-order valence-corrected chi connectivity index (χ0v) is 9.46. The fourth-order valence-corrected chi connectivity index (χ4v) is 1.92. The summed E-state index contributed by atoms with van der Waals surface area (Å²) in [5.41, 5.74) is 1.37. The monoisotopic (exact) mass is 251 g/mol. The Labute approximate surface area is 98.3 Å². The molecule has 17 heavy (non-hydrogen) atoms. The predicted molar refractivity (Wildman–Crippen MR) is 60.7 cm³/mol. The van der Waals surface area contributed by atoms with Crippen molar-refractivity contribution < 1.29 is 17.7 Å². The molecule has 0 spiro atoms. The third-order valence-corrected chi connectivity index (χ3v) is 3.13. The molecule has 1 aromatic heterocycles. The first-order chi connectivity index (χ1) is 7.97. The average molecular weight is 251 g/mol. The molecule has 0 saturated heterocycles. The standard InChI is InChI=1S/C11H9NO4S/c13-12-7-1-2-10(8-12)9-3-5-11(6-4-9)17(14,15)16/h1-8H,(H,14,15,16). The molecule has 0 bridgehead atoms. The zero-order valence-electron chi connectivity index (χ0n) is 8.65. The molecular weight excluding hydrogens is 242 g/mol. The molecule has 0 atom stereocenters. The normalized spacial score (nSPS) is 11.4. The van der Waals surface area contributed by atoms with Crippen molar-refractivity contribution in [1.29, 1.82) is 0 Å². The van der Waals surface area contributed by atoms with Crippen LogP contribution in [0.15, 0.2) is 53.7 Å². The highest BCUT2D eigenvalue weighted by molar-refractivity contribution is 7.85. The van der Waals surface area contributed by atoms with Gasteiger partial charge in [0.2, 0.25) is 0 Å². The van der Waals surface area contributed by atoms with E-state index in [-0.39, 0.29) is 4.90 Å². The summed E-state index contributed by atoms with van der Waals surface area (Å²) in [5.74, 6) is 0. The number of rotatable bonds is 2. The molecule has 88 valence electrons. The molecule has 0 unspecified atom stereocenters. The van der Waals surface area contributed by atoms with Crippen LogP contribution in [0.5, 0.6) is 0 Å². The minimum absolute atomic E-state index is 0.174. The van der Waals surface area contributed by atoms with Gasteiger partial charge in [-0.2, -0.15) is 13.1 Å². The summed E-state index contributed by atoms with van der Waals surface area (Å²) in [6, 6.07) is 8.95. The Morgan fingerprint density at radius 3 is 2.24 bits per heavy atom. The summed E-state index contributed by atoms with van der Waals surface area (Å²) < 4.78 is 31.1. The molecule has 0 aliphatic rings. The molecule has 1 N–H and O–H groups in total. The first-order valence-corrected chi connectivity index (χ1v) is 6.17. The van der Waals surface area contributed by atoms with Crippen molar-refractivity contribution in [3.05, 3.63) is 54.0 Å². The van der Waals surface area contributed by atoms with Crippen molar-refractivity contribution in [2.75, 3.05) is 0 Å². The first-order valence-electron chi connectivity index (χ1n) is 4.73. The van der Waals surface area contributed by atoms with E-state index in [9.17, 15) is 13.6 Å². The third-order valence-electron chi connectivity index (χ3n) is 2.26. The summed E-state index contributed by atoms with van der Waals surface area (Å²) in [6.07, 6.45) is 2.73. The second-order valence-electron chi connectivity index (χ2n) is 3.45. The molecule has 0 radical (unpaired) electrons. The van der Waals surface area contributed by atoms with Gasteiger partial charge in [-0.15, -0.1) is 0 Å². The highest BCUT2D eigenvalue weighted by atomic mass is 32.2. The maximum Gasteiger partial charge on any atom is 0.294 e. The van der Waals surface area contributed by atoms with Crippen LogP contribution in [-0.4, -0.2) is 13.0 Å². The minimum atomic E-state index is -4.18. The van der Waals surface area contributed by atoms with E-state index >= 15 is 0 Å². The lowest BCUT2D eigenvalue weighted by Crippen LogP contribution is -2.23. The Morgan fingerprint density at radius 1 is 1.06 bits per heavy atom. The van der Waals surface area contributed by atoms with Crippen LogP contribution in [0.2, 0.25) is 0 Å². The summed E-state index contributed by atoms with van der Waals surface area (Å²) in [7, 11) is -4.18. The molecule has 0 amide bonds. The Hall–Kier alpha value is -1.92. The maximum atomic E-state index is 11.1. The second kappa shape index (κ2) is 4.15. The molecule has 1 aromatic carbocycles. The van der Waals surface area contributed by atoms with Crippen LogP contribution in [0.3, 0.4) is 0 Å². The van der Waals surface area contributed by atoms with E-state index in [4.69, 9.17) is 4.55 Å². The molecule has 5 nitrogen and oxygen atoms in total. The predicted octanol–water partition coefficient (Wildman–Crippen LogP) is 1.23. The molecule has 0 fully saturated rings. The molecule has 0 saturated carbocycles. The van der Waals surface area contributed by atoms with Gasteiger partial charge in [0.25, 0.3) is 10.1 Å². The quantitative estimate of drug-likeness (QED) is 0.494. The molecular formula is C11H9NO4S. The number of nitrogens with zero attached hydrogens (tertiary/aromatic N) is 1. The Bertz CT molecular complexity index is 635. The van der Waals surface area contributed by atoms with Gasteiger partial charge in [0.05, 0.1) is 4.90 Å². The molecule has 1 heterocycles. The molecule has 6 heteroatoms. The van der Waals surface area contributed by atoms with Gasteiger partial charge in [-0.1, -0.05) is 12.1 Å². The van der Waals surface area contributed by atoms with Crippen molar-refractivity contribution >= 4 is 10.1 Å². The highest BCUT2D eigenvalue weighted by Gasteiger charge is 2.09. The van der Waals surface area contributed by atoms with Gasteiger partial charge < -0.3 is 5.21 Å². The average Bonchev–Trinajstić information content (AvgIpc) is 2.28. The lowest BCUT2D eigenvalue weighted by molar-refractivity contribution is -0.604. The van der Waals surface area contributed by atoms with Crippen LogP contribution in [0, 0.1) is 5.21 Å². The van der Waals surface area contributed by atoms with Crippen LogP contribution in [0.1, 0.15) is 0 Å². The van der Waals surface area contributed by atoms with Crippen molar-refractivity contribution in [3.63, 3.8) is 0 Å². The van der Waals surface area contributed by atoms with E-state index in [1.807, 2.05) is 0 Å². The number of pyridine rings is 1. The Kier molecular flexibility index (Phi) is 2.83. The SMILES string of the molecule is O=S(=O)(O)c1ccc(-c2ccc[n+]([O-])c2)cc1. The smallest absolute Gasteiger partial charge is 0.294 e. The highest BCUT2D eigenvalue weighted by Crippen LogP contribution is 2.19. The van der Waals surface area contributed by atoms with Gasteiger partial charge in [-0.25, -0.2) is 0 Å². The molecule has 2 rings (SSSR count). The topological polar surface area (TPSA) is 81.3 Å². The summed E-state index contributed by atoms with van der Waals surface area (Å²) in [4.78, 5) is -0.174. The molecule has 2 aromatic rings. The van der Waals surface area contributed by atoms with Crippen LogP contribution < -0.4 is 4.73 Å². The summed E-state index contributed by atoms with van der Waals surface area (Å²) in [5, 5.41) is 11.1. The molecule has 0 aliphatic carbocycles. The minimum Gasteiger partial charge on any atom is -0.619 e. The van der Waals surface area contributed by atoms with Crippen molar-refractivity contribution in [2.45, 2.75) is 4.90 Å². The maximum absolute atomic E-state index is 11.1. The largest absolute Gasteiger partial charge is 0.619 e. The van der Waals surface area contributed by atoms with Crippen molar-refractivity contribution in [2.24, 2.45) is 0 Å². The third kappa shape index (κ3) is 2.61. The van der Waals surface area contributed by atoms with E-state index in [1.165, 1.54) is 36.7 Å². The van der Waals surface area contributed by atoms with Gasteiger partial charge in [-0.05, 0) is 23.8 Å². The van der Waals surface area contributed by atoms with Gasteiger partial charge >= 0.3 is 0 Å². The molecule has 0 aliphatic heterocycles. The number of hydrogen-bond donors (Lipinski definition) is 1. The van der Waals surface area contributed by atoms with E-state index < -0.39 is 10.1 Å². The van der Waals surface area contributed by atoms with Crippen LogP contribution in [0.25, 0.3) is 11.1 Å². The lowest BCUT2D eigenvalue weighted by Gasteiger charge is -2.02. The van der Waals surface area contributed by atoms with Gasteiger partial charge in [0.1, 0.15) is 0 Å². The van der Waals surface area contributed by atoms with Gasteiger partial charge in [-0.3, -0.25) is 4.55 Å². The Balaban J connectivity index is 2.43. The summed E-state index contributed by atoms with van der Waals surface area (Å²) >= 11 is 0. The van der Waals surface area contributed by atoms with E-state index in [1.54, 1.807) is 12.1 Å². The second-order valence-corrected chi connectivity index (χ2v) is 4.87. The van der Waals surface area contributed by atoms with Gasteiger partial charge in [0, 0.05) is 11.6 Å². The fourth-order valence-electron chi connectivity index (χ4n) is 1.44. The Morgan fingerprint density at radius 2 is 1.71 bits per heavy atom. The van der Waals surface area contributed by atoms with E-state index in [2.05, 4.69) is 0 Å². The van der Waals surface area contributed by atoms with Crippen molar-refractivity contribution in [1.82, 2.24) is 0 Å². The van der Waals surface area contributed by atoms with E-state index in [0.717, 1.165) is 0 Å².